The normalized spacial score (nSPS) is 14.0. The zero-order chi connectivity index (χ0) is 21.1. The number of anilines is 2. The van der Waals surface area contributed by atoms with E-state index in [9.17, 15) is 9.59 Å². The summed E-state index contributed by atoms with van der Waals surface area (Å²) in [5.41, 5.74) is 2.56. The summed E-state index contributed by atoms with van der Waals surface area (Å²) >= 11 is 6.27. The number of ether oxygens (including phenoxy) is 1. The molecular weight excluding hydrogens is 404 g/mol. The zero-order valence-electron chi connectivity index (χ0n) is 16.7. The Morgan fingerprint density at radius 1 is 1.13 bits per heavy atom. The monoisotopic (exact) mass is 426 g/mol. The Labute approximate surface area is 179 Å². The van der Waals surface area contributed by atoms with Crippen LogP contribution in [0.5, 0.6) is 5.75 Å². The molecule has 0 unspecified atom stereocenters. The van der Waals surface area contributed by atoms with Gasteiger partial charge in [-0.15, -0.1) is 0 Å². The van der Waals surface area contributed by atoms with E-state index < -0.39 is 5.63 Å². The number of hydrogen-bond acceptors (Lipinski definition) is 5. The zero-order valence-corrected chi connectivity index (χ0v) is 17.5. The molecule has 1 aliphatic rings. The van der Waals surface area contributed by atoms with Crippen LogP contribution in [0.25, 0.3) is 11.0 Å². The highest BCUT2D eigenvalue weighted by Gasteiger charge is 2.13. The van der Waals surface area contributed by atoms with Crippen LogP contribution in [-0.2, 0) is 4.79 Å². The van der Waals surface area contributed by atoms with E-state index in [-0.39, 0.29) is 18.3 Å². The van der Waals surface area contributed by atoms with E-state index in [1.165, 1.54) is 37.1 Å². The maximum Gasteiger partial charge on any atom is 0.336 e. The molecule has 1 aromatic heterocycles. The van der Waals surface area contributed by atoms with Crippen molar-refractivity contribution in [2.45, 2.75) is 26.2 Å². The molecule has 3 aromatic rings. The molecule has 0 spiro atoms. The number of benzene rings is 2. The van der Waals surface area contributed by atoms with Crippen molar-refractivity contribution in [3.63, 3.8) is 0 Å². The summed E-state index contributed by atoms with van der Waals surface area (Å²) in [6, 6.07) is 12.4. The predicted molar refractivity (Wildman–Crippen MR) is 119 cm³/mol. The van der Waals surface area contributed by atoms with Gasteiger partial charge in [0, 0.05) is 42.0 Å². The van der Waals surface area contributed by atoms with E-state index in [1.807, 2.05) is 24.3 Å². The average molecular weight is 427 g/mol. The van der Waals surface area contributed by atoms with Crippen LogP contribution in [0.4, 0.5) is 11.4 Å². The SMILES string of the molecule is Cc1cc(=O)oc2cc(OCC(=O)Nc3ccc(N4CCCCC4)cc3)c(Cl)cc12. The Kier molecular flexibility index (Phi) is 5.95. The lowest BCUT2D eigenvalue weighted by Gasteiger charge is -2.28. The van der Waals surface area contributed by atoms with E-state index >= 15 is 0 Å². The Morgan fingerprint density at radius 3 is 2.60 bits per heavy atom. The molecule has 4 rings (SSSR count). The van der Waals surface area contributed by atoms with Gasteiger partial charge in [-0.05, 0) is 62.1 Å². The fourth-order valence-corrected chi connectivity index (χ4v) is 3.90. The largest absolute Gasteiger partial charge is 0.482 e. The first-order chi connectivity index (χ1) is 14.5. The molecule has 1 fully saturated rings. The molecular formula is C23H23ClN2O4. The Hall–Kier alpha value is -2.99. The molecule has 0 atom stereocenters. The van der Waals surface area contributed by atoms with Gasteiger partial charge in [-0.25, -0.2) is 4.79 Å². The molecule has 30 heavy (non-hydrogen) atoms. The van der Waals surface area contributed by atoms with Crippen molar-refractivity contribution in [2.24, 2.45) is 0 Å². The number of aryl methyl sites for hydroxylation is 1. The van der Waals surface area contributed by atoms with Gasteiger partial charge in [-0.3, -0.25) is 4.79 Å². The molecule has 0 radical (unpaired) electrons. The minimum absolute atomic E-state index is 0.213. The first-order valence-corrected chi connectivity index (χ1v) is 10.4. The lowest BCUT2D eigenvalue weighted by atomic mass is 10.1. The van der Waals surface area contributed by atoms with Crippen molar-refractivity contribution in [3.8, 4) is 5.75 Å². The van der Waals surface area contributed by atoms with Crippen LogP contribution in [0.15, 0.2) is 51.7 Å². The van der Waals surface area contributed by atoms with Gasteiger partial charge in [0.15, 0.2) is 6.61 Å². The van der Waals surface area contributed by atoms with Gasteiger partial charge < -0.3 is 19.4 Å². The lowest BCUT2D eigenvalue weighted by Crippen LogP contribution is -2.29. The number of carbonyl (C=O) groups excluding carboxylic acids is 1. The van der Waals surface area contributed by atoms with E-state index in [2.05, 4.69) is 10.2 Å². The number of piperidine rings is 1. The van der Waals surface area contributed by atoms with Crippen LogP contribution in [0.3, 0.4) is 0 Å². The Balaban J connectivity index is 1.39. The van der Waals surface area contributed by atoms with Gasteiger partial charge in [-0.2, -0.15) is 0 Å². The lowest BCUT2D eigenvalue weighted by molar-refractivity contribution is -0.118. The highest BCUT2D eigenvalue weighted by molar-refractivity contribution is 6.32. The minimum Gasteiger partial charge on any atom is -0.482 e. The summed E-state index contributed by atoms with van der Waals surface area (Å²) in [7, 11) is 0. The third-order valence-corrected chi connectivity index (χ3v) is 5.53. The third-order valence-electron chi connectivity index (χ3n) is 5.23. The van der Waals surface area contributed by atoms with Crippen LogP contribution in [-0.4, -0.2) is 25.6 Å². The van der Waals surface area contributed by atoms with Crippen molar-refractivity contribution in [3.05, 3.63) is 63.5 Å². The second-order valence-corrected chi connectivity index (χ2v) is 7.87. The number of carbonyl (C=O) groups is 1. The smallest absolute Gasteiger partial charge is 0.336 e. The van der Waals surface area contributed by atoms with Gasteiger partial charge >= 0.3 is 5.63 Å². The Morgan fingerprint density at radius 2 is 1.87 bits per heavy atom. The van der Waals surface area contributed by atoms with Gasteiger partial charge in [0.2, 0.25) is 0 Å². The second kappa shape index (κ2) is 8.79. The molecule has 0 aliphatic carbocycles. The van der Waals surface area contributed by atoms with Crippen molar-refractivity contribution < 1.29 is 13.9 Å². The molecule has 1 amide bonds. The fraction of sp³-hybridized carbons (Fsp3) is 0.304. The van der Waals surface area contributed by atoms with Gasteiger partial charge in [0.25, 0.3) is 5.91 Å². The molecule has 0 bridgehead atoms. The molecule has 0 saturated carbocycles. The summed E-state index contributed by atoms with van der Waals surface area (Å²) in [5.74, 6) is -0.0175. The van der Waals surface area contributed by atoms with Gasteiger partial charge in [-0.1, -0.05) is 11.6 Å². The van der Waals surface area contributed by atoms with Crippen LogP contribution >= 0.6 is 11.6 Å². The maximum atomic E-state index is 12.3. The molecule has 2 heterocycles. The molecule has 6 nitrogen and oxygen atoms in total. The quantitative estimate of drug-likeness (QED) is 0.595. The summed E-state index contributed by atoms with van der Waals surface area (Å²) in [4.78, 5) is 26.2. The number of fused-ring (bicyclic) bond motifs is 1. The van der Waals surface area contributed by atoms with Crippen LogP contribution < -0.4 is 20.6 Å². The van der Waals surface area contributed by atoms with Gasteiger partial charge in [0.1, 0.15) is 11.3 Å². The number of amides is 1. The first-order valence-electron chi connectivity index (χ1n) is 10.0. The predicted octanol–water partition coefficient (Wildman–Crippen LogP) is 4.76. The molecule has 156 valence electrons. The third kappa shape index (κ3) is 4.60. The number of hydrogen-bond donors (Lipinski definition) is 1. The molecule has 7 heteroatoms. The van der Waals surface area contributed by atoms with E-state index in [4.69, 9.17) is 20.8 Å². The van der Waals surface area contributed by atoms with Crippen molar-refractivity contribution in [1.82, 2.24) is 0 Å². The maximum absolute atomic E-state index is 12.3. The standard InChI is InChI=1S/C23H23ClN2O4/c1-15-11-23(28)30-20-13-21(19(24)12-18(15)20)29-14-22(27)25-16-5-7-17(8-6-16)26-9-3-2-4-10-26/h5-8,11-13H,2-4,9-10,14H2,1H3,(H,25,27). The summed E-state index contributed by atoms with van der Waals surface area (Å²) in [6.45, 7) is 3.74. The highest BCUT2D eigenvalue weighted by atomic mass is 35.5. The van der Waals surface area contributed by atoms with Crippen LogP contribution in [0.2, 0.25) is 5.02 Å². The average Bonchev–Trinajstić information content (AvgIpc) is 2.74. The summed E-state index contributed by atoms with van der Waals surface area (Å²) in [5, 5.41) is 3.89. The summed E-state index contributed by atoms with van der Waals surface area (Å²) in [6.07, 6.45) is 3.73. The molecule has 2 aromatic carbocycles. The van der Waals surface area contributed by atoms with Crippen LogP contribution in [0, 0.1) is 6.92 Å². The number of rotatable bonds is 5. The van der Waals surface area contributed by atoms with E-state index in [0.29, 0.717) is 16.3 Å². The van der Waals surface area contributed by atoms with Crippen molar-refractivity contribution in [1.29, 1.82) is 0 Å². The first kappa shape index (κ1) is 20.3. The van der Waals surface area contributed by atoms with Crippen molar-refractivity contribution in [2.75, 3.05) is 29.9 Å². The molecule has 1 N–H and O–H groups in total. The molecule has 1 saturated heterocycles. The topological polar surface area (TPSA) is 71.8 Å². The minimum atomic E-state index is -0.445. The second-order valence-electron chi connectivity index (χ2n) is 7.46. The van der Waals surface area contributed by atoms with E-state index in [1.54, 1.807) is 13.0 Å². The van der Waals surface area contributed by atoms with Crippen molar-refractivity contribution >= 4 is 39.9 Å². The van der Waals surface area contributed by atoms with E-state index in [0.717, 1.165) is 24.0 Å². The highest BCUT2D eigenvalue weighted by Crippen LogP contribution is 2.31. The molecule has 1 aliphatic heterocycles. The fourth-order valence-electron chi connectivity index (χ4n) is 3.68. The number of halogens is 1. The number of nitrogens with one attached hydrogen (secondary N) is 1. The van der Waals surface area contributed by atoms with Gasteiger partial charge in [0.05, 0.1) is 5.02 Å². The summed E-state index contributed by atoms with van der Waals surface area (Å²) < 4.78 is 10.8. The van der Waals surface area contributed by atoms with Crippen LogP contribution in [0.1, 0.15) is 24.8 Å². The Bertz CT molecular complexity index is 1120. The number of nitrogens with zero attached hydrogens (tertiary/aromatic N) is 1.